The third kappa shape index (κ3) is 1.99. The van der Waals surface area contributed by atoms with Gasteiger partial charge < -0.3 is 5.32 Å². The normalized spacial score (nSPS) is 16.3. The van der Waals surface area contributed by atoms with Crippen LogP contribution in [0.5, 0.6) is 0 Å². The van der Waals surface area contributed by atoms with E-state index in [4.69, 9.17) is 28.5 Å². The third-order valence-corrected chi connectivity index (χ3v) is 3.32. The number of anilines is 1. The van der Waals surface area contributed by atoms with Gasteiger partial charge in [-0.2, -0.15) is 5.26 Å². The molecule has 3 nitrogen and oxygen atoms in total. The maximum Gasteiger partial charge on any atom is 0.244 e. The van der Waals surface area contributed by atoms with Gasteiger partial charge in [0.1, 0.15) is 5.41 Å². The second kappa shape index (κ2) is 3.97. The van der Waals surface area contributed by atoms with E-state index >= 15 is 0 Å². The Labute approximate surface area is 103 Å². The fourth-order valence-electron chi connectivity index (χ4n) is 1.34. The van der Waals surface area contributed by atoms with Crippen LogP contribution in [0, 0.1) is 16.7 Å². The van der Waals surface area contributed by atoms with Crippen LogP contribution in [-0.2, 0) is 4.79 Å². The Morgan fingerprint density at radius 2 is 2.06 bits per heavy atom. The van der Waals surface area contributed by atoms with Crippen LogP contribution in [0.3, 0.4) is 0 Å². The minimum absolute atomic E-state index is 0.270. The molecule has 16 heavy (non-hydrogen) atoms. The van der Waals surface area contributed by atoms with E-state index in [1.807, 2.05) is 6.07 Å². The molecule has 0 radical (unpaired) electrons. The molecular weight excluding hydrogens is 247 g/mol. The summed E-state index contributed by atoms with van der Waals surface area (Å²) in [5, 5.41) is 12.3. The quantitative estimate of drug-likeness (QED) is 0.881. The number of halogens is 2. The molecule has 2 rings (SSSR count). The molecule has 0 aromatic heterocycles. The number of hydrogen-bond acceptors (Lipinski definition) is 2. The van der Waals surface area contributed by atoms with Crippen molar-refractivity contribution in [3.63, 3.8) is 0 Å². The Kier molecular flexibility index (Phi) is 2.79. The lowest BCUT2D eigenvalue weighted by molar-refractivity contribution is -0.119. The van der Waals surface area contributed by atoms with Gasteiger partial charge in [0.25, 0.3) is 0 Å². The average molecular weight is 255 g/mol. The van der Waals surface area contributed by atoms with E-state index < -0.39 is 5.41 Å². The van der Waals surface area contributed by atoms with Gasteiger partial charge in [-0.15, -0.1) is 0 Å². The zero-order valence-electron chi connectivity index (χ0n) is 8.26. The summed E-state index contributed by atoms with van der Waals surface area (Å²) < 4.78 is 0. The summed E-state index contributed by atoms with van der Waals surface area (Å²) in [5.41, 5.74) is -0.271. The molecule has 1 saturated carbocycles. The minimum Gasteiger partial charge on any atom is -0.325 e. The van der Waals surface area contributed by atoms with Crippen LogP contribution in [0.2, 0.25) is 10.0 Å². The number of benzene rings is 1. The first kappa shape index (κ1) is 11.3. The van der Waals surface area contributed by atoms with Gasteiger partial charge in [-0.3, -0.25) is 4.79 Å². The molecule has 1 amide bonds. The van der Waals surface area contributed by atoms with E-state index in [1.54, 1.807) is 18.2 Å². The molecule has 1 aromatic carbocycles. The smallest absolute Gasteiger partial charge is 0.244 e. The standard InChI is InChI=1S/C11H8Cl2N2O/c12-8-2-1-7(5-9(8)13)15-10(16)11(6-14)3-4-11/h1-2,5H,3-4H2,(H,15,16). The van der Waals surface area contributed by atoms with Crippen molar-refractivity contribution in [2.75, 3.05) is 5.32 Å². The minimum atomic E-state index is -0.827. The molecule has 0 heterocycles. The van der Waals surface area contributed by atoms with Crippen molar-refractivity contribution in [2.45, 2.75) is 12.8 Å². The second-order valence-corrected chi connectivity index (χ2v) is 4.59. The van der Waals surface area contributed by atoms with Gasteiger partial charge in [0, 0.05) is 5.69 Å². The molecule has 1 N–H and O–H groups in total. The zero-order valence-corrected chi connectivity index (χ0v) is 9.77. The molecule has 0 bridgehead atoms. The number of rotatable bonds is 2. The highest BCUT2D eigenvalue weighted by atomic mass is 35.5. The lowest BCUT2D eigenvalue weighted by Gasteiger charge is -2.08. The van der Waals surface area contributed by atoms with Gasteiger partial charge in [-0.1, -0.05) is 23.2 Å². The topological polar surface area (TPSA) is 52.9 Å². The molecular formula is C11H8Cl2N2O. The number of amides is 1. The largest absolute Gasteiger partial charge is 0.325 e. The molecule has 0 atom stereocenters. The highest BCUT2D eigenvalue weighted by Gasteiger charge is 2.50. The Bertz CT molecular complexity index is 489. The number of nitriles is 1. The van der Waals surface area contributed by atoms with Gasteiger partial charge in [-0.05, 0) is 31.0 Å². The number of carbonyl (C=O) groups excluding carboxylic acids is 1. The van der Waals surface area contributed by atoms with E-state index in [9.17, 15) is 4.79 Å². The average Bonchev–Trinajstić information content (AvgIpc) is 3.04. The van der Waals surface area contributed by atoms with E-state index in [2.05, 4.69) is 5.32 Å². The summed E-state index contributed by atoms with van der Waals surface area (Å²) in [6, 6.07) is 6.85. The van der Waals surface area contributed by atoms with Crippen LogP contribution in [0.1, 0.15) is 12.8 Å². The van der Waals surface area contributed by atoms with Gasteiger partial charge in [0.15, 0.2) is 0 Å². The van der Waals surface area contributed by atoms with Crippen molar-refractivity contribution < 1.29 is 4.79 Å². The molecule has 0 aliphatic heterocycles. The molecule has 0 unspecified atom stereocenters. The van der Waals surface area contributed by atoms with Crippen molar-refractivity contribution in [1.29, 1.82) is 5.26 Å². The van der Waals surface area contributed by atoms with Gasteiger partial charge >= 0.3 is 0 Å². The summed E-state index contributed by atoms with van der Waals surface area (Å²) in [4.78, 5) is 11.7. The number of hydrogen-bond donors (Lipinski definition) is 1. The first-order valence-corrected chi connectivity index (χ1v) is 5.51. The lowest BCUT2D eigenvalue weighted by Crippen LogP contribution is -2.22. The van der Waals surface area contributed by atoms with Crippen LogP contribution in [0.15, 0.2) is 18.2 Å². The van der Waals surface area contributed by atoms with Crippen LogP contribution in [0.25, 0.3) is 0 Å². The summed E-state index contributed by atoms with van der Waals surface area (Å²) in [5.74, 6) is -0.270. The molecule has 1 aromatic rings. The number of nitrogens with one attached hydrogen (secondary N) is 1. The fraction of sp³-hybridized carbons (Fsp3) is 0.273. The van der Waals surface area contributed by atoms with Crippen LogP contribution in [-0.4, -0.2) is 5.91 Å². The van der Waals surface area contributed by atoms with Crippen LogP contribution < -0.4 is 5.32 Å². The molecule has 1 aliphatic carbocycles. The molecule has 1 fully saturated rings. The monoisotopic (exact) mass is 254 g/mol. The van der Waals surface area contributed by atoms with Crippen molar-refractivity contribution in [3.8, 4) is 6.07 Å². The van der Waals surface area contributed by atoms with Crippen molar-refractivity contribution in [3.05, 3.63) is 28.2 Å². The highest BCUT2D eigenvalue weighted by molar-refractivity contribution is 6.42. The predicted octanol–water partition coefficient (Wildman–Crippen LogP) is 3.24. The third-order valence-electron chi connectivity index (χ3n) is 2.58. The molecule has 5 heteroatoms. The van der Waals surface area contributed by atoms with Crippen molar-refractivity contribution >= 4 is 34.8 Å². The van der Waals surface area contributed by atoms with Gasteiger partial charge in [0.2, 0.25) is 5.91 Å². The van der Waals surface area contributed by atoms with E-state index in [0.29, 0.717) is 28.6 Å². The van der Waals surface area contributed by atoms with Crippen LogP contribution in [0.4, 0.5) is 5.69 Å². The van der Waals surface area contributed by atoms with Gasteiger partial charge in [0.05, 0.1) is 16.1 Å². The van der Waals surface area contributed by atoms with Crippen molar-refractivity contribution in [2.24, 2.45) is 5.41 Å². The molecule has 1 aliphatic rings. The van der Waals surface area contributed by atoms with Crippen LogP contribution >= 0.6 is 23.2 Å². The highest BCUT2D eigenvalue weighted by Crippen LogP contribution is 2.45. The van der Waals surface area contributed by atoms with E-state index in [1.165, 1.54) is 0 Å². The number of carbonyl (C=O) groups is 1. The maximum atomic E-state index is 11.7. The lowest BCUT2D eigenvalue weighted by atomic mass is 10.1. The first-order valence-electron chi connectivity index (χ1n) is 4.75. The second-order valence-electron chi connectivity index (χ2n) is 3.78. The SMILES string of the molecule is N#CC1(C(=O)Nc2ccc(Cl)c(Cl)c2)CC1. The Balaban J connectivity index is 2.13. The molecule has 0 spiro atoms. The Hall–Kier alpha value is -1.24. The summed E-state index contributed by atoms with van der Waals surface area (Å²) in [6.45, 7) is 0. The Morgan fingerprint density at radius 1 is 1.38 bits per heavy atom. The Morgan fingerprint density at radius 3 is 2.56 bits per heavy atom. The van der Waals surface area contributed by atoms with E-state index in [0.717, 1.165) is 0 Å². The number of nitrogens with zero attached hydrogens (tertiary/aromatic N) is 1. The first-order chi connectivity index (χ1) is 7.57. The predicted molar refractivity (Wildman–Crippen MR) is 62.4 cm³/mol. The summed E-state index contributed by atoms with van der Waals surface area (Å²) in [7, 11) is 0. The summed E-state index contributed by atoms with van der Waals surface area (Å²) >= 11 is 11.6. The van der Waals surface area contributed by atoms with Crippen molar-refractivity contribution in [1.82, 2.24) is 0 Å². The molecule has 0 saturated heterocycles. The zero-order chi connectivity index (χ0) is 11.8. The van der Waals surface area contributed by atoms with E-state index in [-0.39, 0.29) is 5.91 Å². The fourth-order valence-corrected chi connectivity index (χ4v) is 1.64. The van der Waals surface area contributed by atoms with Gasteiger partial charge in [-0.25, -0.2) is 0 Å². The molecule has 82 valence electrons. The summed E-state index contributed by atoms with van der Waals surface area (Å²) in [6.07, 6.45) is 1.24. The maximum absolute atomic E-state index is 11.7.